The van der Waals surface area contributed by atoms with Gasteiger partial charge in [0.25, 0.3) is 0 Å². The average Bonchev–Trinajstić information content (AvgIpc) is 3.34. The summed E-state index contributed by atoms with van der Waals surface area (Å²) in [6, 6.07) is 10.6. The minimum Gasteiger partial charge on any atom is -0.342 e. The molecule has 0 N–H and O–H groups in total. The fourth-order valence-corrected chi connectivity index (χ4v) is 4.16. The summed E-state index contributed by atoms with van der Waals surface area (Å²) in [4.78, 5) is 16.6. The zero-order valence-electron chi connectivity index (χ0n) is 18.5. The number of likely N-dealkylation sites (N-methyl/N-ethyl adjacent to an activating group) is 1. The van der Waals surface area contributed by atoms with Crippen LogP contribution in [0.3, 0.4) is 0 Å². The quantitative estimate of drug-likeness (QED) is 0.510. The number of carbonyl (C=O) groups is 1. The SMILES string of the molecule is CN(C(=O)Cc1ccc(-n2cnnn2)cc1)C1CCN(Cc2ccc(C(F)(F)F)c(F)c2)CC1. The molecule has 1 saturated heterocycles. The largest absolute Gasteiger partial charge is 0.419 e. The molecule has 2 aromatic carbocycles. The first-order valence-electron chi connectivity index (χ1n) is 10.9. The van der Waals surface area contributed by atoms with Crippen LogP contribution >= 0.6 is 0 Å². The summed E-state index contributed by atoms with van der Waals surface area (Å²) >= 11 is 0. The van der Waals surface area contributed by atoms with Crippen molar-refractivity contribution < 1.29 is 22.4 Å². The van der Waals surface area contributed by atoms with Gasteiger partial charge in [-0.2, -0.15) is 13.2 Å². The zero-order chi connectivity index (χ0) is 24.3. The topological polar surface area (TPSA) is 67.2 Å². The van der Waals surface area contributed by atoms with E-state index in [0.717, 1.165) is 36.2 Å². The molecule has 1 amide bonds. The second kappa shape index (κ2) is 9.88. The highest BCUT2D eigenvalue weighted by Gasteiger charge is 2.34. The Morgan fingerprint density at radius 3 is 2.35 bits per heavy atom. The molecule has 0 unspecified atom stereocenters. The molecule has 4 rings (SSSR count). The number of piperidine rings is 1. The Balaban J connectivity index is 1.27. The van der Waals surface area contributed by atoms with Crippen molar-refractivity contribution >= 4 is 5.91 Å². The first kappa shape index (κ1) is 23.8. The molecule has 0 saturated carbocycles. The van der Waals surface area contributed by atoms with Crippen LogP contribution in [0.2, 0.25) is 0 Å². The lowest BCUT2D eigenvalue weighted by Crippen LogP contribution is -2.45. The van der Waals surface area contributed by atoms with Crippen molar-refractivity contribution in [3.8, 4) is 5.69 Å². The number of rotatable bonds is 6. The molecule has 0 bridgehead atoms. The highest BCUT2D eigenvalue weighted by Crippen LogP contribution is 2.32. The molecule has 180 valence electrons. The molecule has 1 aromatic heterocycles. The van der Waals surface area contributed by atoms with Gasteiger partial charge in [0.2, 0.25) is 5.91 Å². The van der Waals surface area contributed by atoms with Crippen LogP contribution in [-0.2, 0) is 23.9 Å². The Labute approximate surface area is 194 Å². The number of tetrazole rings is 1. The number of likely N-dealkylation sites (tertiary alicyclic amines) is 1. The number of amides is 1. The van der Waals surface area contributed by atoms with Crippen LogP contribution in [0.1, 0.15) is 29.5 Å². The van der Waals surface area contributed by atoms with Crippen LogP contribution in [0.4, 0.5) is 17.6 Å². The smallest absolute Gasteiger partial charge is 0.342 e. The summed E-state index contributed by atoms with van der Waals surface area (Å²) in [6.45, 7) is 1.71. The van der Waals surface area contributed by atoms with E-state index < -0.39 is 17.6 Å². The van der Waals surface area contributed by atoms with Gasteiger partial charge >= 0.3 is 6.18 Å². The molecular weight excluding hydrogens is 452 g/mol. The normalized spacial score (nSPS) is 15.4. The second-order valence-electron chi connectivity index (χ2n) is 8.42. The molecule has 3 aromatic rings. The van der Waals surface area contributed by atoms with Gasteiger partial charge in [0.15, 0.2) is 0 Å². The summed E-state index contributed by atoms with van der Waals surface area (Å²) < 4.78 is 53.6. The third-order valence-corrected chi connectivity index (χ3v) is 6.15. The lowest BCUT2D eigenvalue weighted by atomic mass is 10.0. The van der Waals surface area contributed by atoms with Gasteiger partial charge in [0.05, 0.1) is 17.7 Å². The van der Waals surface area contributed by atoms with Gasteiger partial charge < -0.3 is 4.90 Å². The van der Waals surface area contributed by atoms with Crippen molar-refractivity contribution in [3.63, 3.8) is 0 Å². The molecule has 2 heterocycles. The number of aromatic nitrogens is 4. The molecule has 0 aliphatic carbocycles. The Hall–Kier alpha value is -3.34. The van der Waals surface area contributed by atoms with E-state index in [9.17, 15) is 22.4 Å². The van der Waals surface area contributed by atoms with Crippen molar-refractivity contribution in [2.75, 3.05) is 20.1 Å². The van der Waals surface area contributed by atoms with E-state index in [0.29, 0.717) is 25.2 Å². The maximum Gasteiger partial charge on any atom is 0.419 e. The number of nitrogens with zero attached hydrogens (tertiary/aromatic N) is 6. The third-order valence-electron chi connectivity index (χ3n) is 6.15. The van der Waals surface area contributed by atoms with Crippen LogP contribution in [-0.4, -0.2) is 62.1 Å². The van der Waals surface area contributed by atoms with Crippen LogP contribution in [0.5, 0.6) is 0 Å². The van der Waals surface area contributed by atoms with Crippen molar-refractivity contribution in [1.82, 2.24) is 30.0 Å². The fourth-order valence-electron chi connectivity index (χ4n) is 4.16. The van der Waals surface area contributed by atoms with Gasteiger partial charge in [-0.25, -0.2) is 9.07 Å². The minimum atomic E-state index is -4.70. The van der Waals surface area contributed by atoms with E-state index in [4.69, 9.17) is 0 Å². The van der Waals surface area contributed by atoms with Gasteiger partial charge in [0, 0.05) is 32.7 Å². The number of halogens is 4. The Bertz CT molecular complexity index is 1110. The van der Waals surface area contributed by atoms with Crippen LogP contribution in [0.15, 0.2) is 48.8 Å². The maximum absolute atomic E-state index is 13.8. The third kappa shape index (κ3) is 5.58. The first-order valence-corrected chi connectivity index (χ1v) is 10.9. The van der Waals surface area contributed by atoms with E-state index in [1.165, 1.54) is 17.1 Å². The lowest BCUT2D eigenvalue weighted by Gasteiger charge is -2.37. The van der Waals surface area contributed by atoms with E-state index in [1.54, 1.807) is 11.9 Å². The van der Waals surface area contributed by atoms with Gasteiger partial charge in [-0.3, -0.25) is 9.69 Å². The van der Waals surface area contributed by atoms with Crippen LogP contribution in [0.25, 0.3) is 5.69 Å². The monoisotopic (exact) mass is 476 g/mol. The molecule has 0 spiro atoms. The van der Waals surface area contributed by atoms with E-state index in [1.807, 2.05) is 24.3 Å². The number of benzene rings is 2. The van der Waals surface area contributed by atoms with Crippen molar-refractivity contribution in [3.05, 3.63) is 71.3 Å². The number of hydrogen-bond acceptors (Lipinski definition) is 5. The zero-order valence-corrected chi connectivity index (χ0v) is 18.5. The summed E-state index contributed by atoms with van der Waals surface area (Å²) in [5.74, 6) is -1.24. The van der Waals surface area contributed by atoms with Crippen molar-refractivity contribution in [2.45, 2.75) is 38.0 Å². The van der Waals surface area contributed by atoms with Crippen LogP contribution in [0, 0.1) is 5.82 Å². The summed E-state index contributed by atoms with van der Waals surface area (Å²) in [5, 5.41) is 11.0. The van der Waals surface area contributed by atoms with Gasteiger partial charge in [-0.1, -0.05) is 18.2 Å². The van der Waals surface area contributed by atoms with Crippen molar-refractivity contribution in [1.29, 1.82) is 0 Å². The second-order valence-corrected chi connectivity index (χ2v) is 8.42. The molecule has 34 heavy (non-hydrogen) atoms. The lowest BCUT2D eigenvalue weighted by molar-refractivity contribution is -0.140. The average molecular weight is 476 g/mol. The van der Waals surface area contributed by atoms with Gasteiger partial charge in [0.1, 0.15) is 12.1 Å². The highest BCUT2D eigenvalue weighted by atomic mass is 19.4. The maximum atomic E-state index is 13.8. The molecule has 1 fully saturated rings. The Morgan fingerprint density at radius 1 is 1.09 bits per heavy atom. The Kier molecular flexibility index (Phi) is 6.92. The molecule has 0 atom stereocenters. The Morgan fingerprint density at radius 2 is 1.76 bits per heavy atom. The van der Waals surface area contributed by atoms with Crippen LogP contribution < -0.4 is 0 Å². The van der Waals surface area contributed by atoms with Gasteiger partial charge in [-0.15, -0.1) is 5.10 Å². The highest BCUT2D eigenvalue weighted by molar-refractivity contribution is 5.78. The predicted octanol–water partition coefficient (Wildman–Crippen LogP) is 3.49. The molecular formula is C23H24F4N6O. The fraction of sp³-hybridized carbons (Fsp3) is 0.391. The predicted molar refractivity (Wildman–Crippen MR) is 115 cm³/mol. The number of hydrogen-bond donors (Lipinski definition) is 0. The molecule has 1 aliphatic heterocycles. The molecule has 1 aliphatic rings. The van der Waals surface area contributed by atoms with E-state index >= 15 is 0 Å². The van der Waals surface area contributed by atoms with Crippen molar-refractivity contribution in [2.24, 2.45) is 0 Å². The molecule has 11 heteroatoms. The van der Waals surface area contributed by atoms with E-state index in [2.05, 4.69) is 20.4 Å². The number of carbonyl (C=O) groups excluding carboxylic acids is 1. The number of alkyl halides is 3. The first-order chi connectivity index (χ1) is 16.2. The van der Waals surface area contributed by atoms with Gasteiger partial charge in [-0.05, 0) is 58.7 Å². The standard InChI is InChI=1S/C23H24F4N6O/c1-31(22(34)13-16-2-5-19(6-3-16)33-15-28-29-30-33)18-8-10-32(11-9-18)14-17-4-7-20(21(24)12-17)23(25,26)27/h2-7,12,15,18H,8-11,13-14H2,1H3. The molecule has 7 nitrogen and oxygen atoms in total. The minimum absolute atomic E-state index is 0.0124. The summed E-state index contributed by atoms with van der Waals surface area (Å²) in [5.41, 5.74) is 0.934. The summed E-state index contributed by atoms with van der Waals surface area (Å²) in [6.07, 6.45) is -1.45. The molecule has 0 radical (unpaired) electrons. The van der Waals surface area contributed by atoms with E-state index in [-0.39, 0.29) is 18.4 Å². The summed E-state index contributed by atoms with van der Waals surface area (Å²) in [7, 11) is 1.79.